The van der Waals surface area contributed by atoms with Crippen molar-refractivity contribution in [2.75, 3.05) is 39.5 Å². The molecule has 6 nitrogen and oxygen atoms in total. The molecule has 2 aliphatic heterocycles. The second-order valence-electron chi connectivity index (χ2n) is 5.61. The monoisotopic (exact) mass is 340 g/mol. The first-order valence-corrected chi connectivity index (χ1v) is 8.24. The average Bonchev–Trinajstić information content (AvgIpc) is 3.02. The first-order valence-electron chi connectivity index (χ1n) is 7.87. The molecule has 0 saturated carbocycles. The topological polar surface area (TPSA) is 60.0 Å². The number of amides is 2. The van der Waals surface area contributed by atoms with Gasteiger partial charge in [-0.2, -0.15) is 0 Å². The summed E-state index contributed by atoms with van der Waals surface area (Å²) in [5, 5.41) is 3.42. The third-order valence-corrected chi connectivity index (χ3v) is 4.41. The van der Waals surface area contributed by atoms with Crippen molar-refractivity contribution >= 4 is 17.6 Å². The van der Waals surface area contributed by atoms with Gasteiger partial charge >= 0.3 is 6.03 Å². The van der Waals surface area contributed by atoms with Gasteiger partial charge in [-0.15, -0.1) is 0 Å². The van der Waals surface area contributed by atoms with Crippen LogP contribution in [0.4, 0.5) is 4.79 Å². The first-order chi connectivity index (χ1) is 11.2. The molecule has 2 heterocycles. The van der Waals surface area contributed by atoms with Crippen LogP contribution in [0.5, 0.6) is 5.75 Å². The van der Waals surface area contributed by atoms with Crippen molar-refractivity contribution in [1.82, 2.24) is 10.2 Å². The molecular formula is C16H21ClN2O4. The molecule has 7 heteroatoms. The Morgan fingerprint density at radius 3 is 2.65 bits per heavy atom. The lowest BCUT2D eigenvalue weighted by atomic mass is 10.0. The van der Waals surface area contributed by atoms with Crippen molar-refractivity contribution in [3.05, 3.63) is 29.3 Å². The van der Waals surface area contributed by atoms with E-state index in [1.165, 1.54) is 0 Å². The van der Waals surface area contributed by atoms with E-state index in [1.807, 2.05) is 12.1 Å². The molecule has 3 rings (SSSR count). The molecule has 2 aliphatic rings. The number of likely N-dealkylation sites (tertiary alicyclic amines) is 1. The zero-order valence-corrected chi connectivity index (χ0v) is 13.7. The molecule has 0 unspecified atom stereocenters. The second kappa shape index (κ2) is 7.38. The van der Waals surface area contributed by atoms with Crippen molar-refractivity contribution in [3.63, 3.8) is 0 Å². The van der Waals surface area contributed by atoms with Gasteiger partial charge in [-0.25, -0.2) is 4.79 Å². The number of carbonyl (C=O) groups is 1. The molecule has 0 aromatic heterocycles. The summed E-state index contributed by atoms with van der Waals surface area (Å²) in [5.41, 5.74) is 0. The Morgan fingerprint density at radius 2 is 1.96 bits per heavy atom. The van der Waals surface area contributed by atoms with Gasteiger partial charge in [0.1, 0.15) is 12.4 Å². The van der Waals surface area contributed by atoms with Crippen LogP contribution in [0.3, 0.4) is 0 Å². The van der Waals surface area contributed by atoms with E-state index >= 15 is 0 Å². The number of nitrogens with one attached hydrogen (secondary N) is 1. The predicted molar refractivity (Wildman–Crippen MR) is 85.8 cm³/mol. The van der Waals surface area contributed by atoms with Crippen molar-refractivity contribution in [1.29, 1.82) is 0 Å². The van der Waals surface area contributed by atoms with Crippen LogP contribution < -0.4 is 10.1 Å². The highest BCUT2D eigenvalue weighted by atomic mass is 35.5. The summed E-state index contributed by atoms with van der Waals surface area (Å²) in [4.78, 5) is 13.9. The maximum absolute atomic E-state index is 12.1. The predicted octanol–water partition coefficient (Wildman–Crippen LogP) is 2.27. The van der Waals surface area contributed by atoms with Gasteiger partial charge in [-0.1, -0.05) is 23.7 Å². The van der Waals surface area contributed by atoms with Gasteiger partial charge in [0.25, 0.3) is 0 Å². The van der Waals surface area contributed by atoms with E-state index in [2.05, 4.69) is 5.32 Å². The van der Waals surface area contributed by atoms with E-state index in [-0.39, 0.29) is 6.03 Å². The zero-order valence-electron chi connectivity index (χ0n) is 12.9. The SMILES string of the molecule is O=C(NCCOc1ccccc1Cl)N1CCC2(CC1)OCCO2. The van der Waals surface area contributed by atoms with Crippen LogP contribution in [0.15, 0.2) is 24.3 Å². The van der Waals surface area contributed by atoms with E-state index in [1.54, 1.807) is 17.0 Å². The molecule has 2 saturated heterocycles. The molecule has 0 radical (unpaired) electrons. The molecule has 1 aromatic rings. The minimum absolute atomic E-state index is 0.0828. The zero-order chi connectivity index (χ0) is 16.1. The van der Waals surface area contributed by atoms with E-state index in [9.17, 15) is 4.79 Å². The smallest absolute Gasteiger partial charge is 0.317 e. The summed E-state index contributed by atoms with van der Waals surface area (Å²) < 4.78 is 16.9. The fraction of sp³-hybridized carbons (Fsp3) is 0.562. The number of piperidine rings is 1. The average molecular weight is 341 g/mol. The number of benzene rings is 1. The summed E-state index contributed by atoms with van der Waals surface area (Å²) in [7, 11) is 0. The minimum atomic E-state index is -0.454. The molecule has 23 heavy (non-hydrogen) atoms. The van der Waals surface area contributed by atoms with Crippen LogP contribution in [0, 0.1) is 0 Å². The number of ether oxygens (including phenoxy) is 3. The van der Waals surface area contributed by atoms with Gasteiger partial charge < -0.3 is 24.4 Å². The lowest BCUT2D eigenvalue weighted by molar-refractivity contribution is -0.181. The number of carbonyl (C=O) groups excluding carboxylic acids is 1. The van der Waals surface area contributed by atoms with Gasteiger partial charge in [0.15, 0.2) is 5.79 Å². The summed E-state index contributed by atoms with van der Waals surface area (Å²) >= 11 is 6.00. The summed E-state index contributed by atoms with van der Waals surface area (Å²) in [6, 6.07) is 7.19. The molecule has 1 aromatic carbocycles. The van der Waals surface area contributed by atoms with Gasteiger partial charge in [0.05, 0.1) is 24.8 Å². The van der Waals surface area contributed by atoms with Crippen LogP contribution in [0.2, 0.25) is 5.02 Å². The number of hydrogen-bond acceptors (Lipinski definition) is 4. The highest BCUT2D eigenvalue weighted by molar-refractivity contribution is 6.32. The fourth-order valence-electron chi connectivity index (χ4n) is 2.83. The Kier molecular flexibility index (Phi) is 5.25. The van der Waals surface area contributed by atoms with Gasteiger partial charge in [-0.05, 0) is 12.1 Å². The van der Waals surface area contributed by atoms with Crippen molar-refractivity contribution in [3.8, 4) is 5.75 Å². The number of halogens is 1. The van der Waals surface area contributed by atoms with E-state index in [0.717, 1.165) is 12.8 Å². The normalized spacial score (nSPS) is 19.8. The highest BCUT2D eigenvalue weighted by Crippen LogP contribution is 2.31. The third kappa shape index (κ3) is 4.07. The Labute approximate surface area is 140 Å². The van der Waals surface area contributed by atoms with Gasteiger partial charge in [0.2, 0.25) is 0 Å². The number of rotatable bonds is 4. The largest absolute Gasteiger partial charge is 0.490 e. The summed E-state index contributed by atoms with van der Waals surface area (Å²) in [6.07, 6.45) is 1.44. The van der Waals surface area contributed by atoms with E-state index in [4.69, 9.17) is 25.8 Å². The van der Waals surface area contributed by atoms with Gasteiger partial charge in [-0.3, -0.25) is 0 Å². The van der Waals surface area contributed by atoms with Crippen molar-refractivity contribution in [2.24, 2.45) is 0 Å². The lowest BCUT2D eigenvalue weighted by Gasteiger charge is -2.37. The number of para-hydroxylation sites is 1. The maximum Gasteiger partial charge on any atom is 0.317 e. The van der Waals surface area contributed by atoms with Crippen LogP contribution in [-0.2, 0) is 9.47 Å². The first kappa shape index (κ1) is 16.4. The Balaban J connectivity index is 1.36. The number of nitrogens with zero attached hydrogens (tertiary/aromatic N) is 1. The second-order valence-corrected chi connectivity index (χ2v) is 6.01. The van der Waals surface area contributed by atoms with Crippen molar-refractivity contribution < 1.29 is 19.0 Å². The fourth-order valence-corrected chi connectivity index (χ4v) is 3.02. The standard InChI is InChI=1S/C16H21ClN2O4/c17-13-3-1-2-4-14(13)21-10-7-18-15(20)19-8-5-16(6-9-19)22-11-12-23-16/h1-4H,5-12H2,(H,18,20). The summed E-state index contributed by atoms with van der Waals surface area (Å²) in [5.74, 6) is 0.170. The molecule has 126 valence electrons. The van der Waals surface area contributed by atoms with Crippen LogP contribution in [-0.4, -0.2) is 56.2 Å². The minimum Gasteiger partial charge on any atom is -0.490 e. The Hall–Kier alpha value is -1.50. The molecule has 0 atom stereocenters. The van der Waals surface area contributed by atoms with Crippen molar-refractivity contribution in [2.45, 2.75) is 18.6 Å². The van der Waals surface area contributed by atoms with E-state index < -0.39 is 5.79 Å². The highest BCUT2D eigenvalue weighted by Gasteiger charge is 2.40. The van der Waals surface area contributed by atoms with E-state index in [0.29, 0.717) is 50.2 Å². The summed E-state index contributed by atoms with van der Waals surface area (Å²) in [6.45, 7) is 3.36. The van der Waals surface area contributed by atoms with Gasteiger partial charge in [0, 0.05) is 25.9 Å². The molecule has 2 fully saturated rings. The Bertz CT molecular complexity index is 539. The molecular weight excluding hydrogens is 320 g/mol. The number of urea groups is 1. The number of hydrogen-bond donors (Lipinski definition) is 1. The van der Waals surface area contributed by atoms with Crippen LogP contribution in [0.25, 0.3) is 0 Å². The molecule has 1 N–H and O–H groups in total. The molecule has 0 bridgehead atoms. The molecule has 1 spiro atoms. The quantitative estimate of drug-likeness (QED) is 0.854. The molecule has 0 aliphatic carbocycles. The Morgan fingerprint density at radius 1 is 1.26 bits per heavy atom. The van der Waals surface area contributed by atoms with Crippen LogP contribution >= 0.6 is 11.6 Å². The maximum atomic E-state index is 12.1. The lowest BCUT2D eigenvalue weighted by Crippen LogP contribution is -2.50. The molecule has 2 amide bonds. The third-order valence-electron chi connectivity index (χ3n) is 4.10. The van der Waals surface area contributed by atoms with Crippen LogP contribution in [0.1, 0.15) is 12.8 Å².